The number of hydrogen-bond acceptors (Lipinski definition) is 7. The van der Waals surface area contributed by atoms with Crippen LogP contribution in [0.15, 0.2) is 64.3 Å². The molecule has 0 atom stereocenters. The number of carbonyl (C=O) groups is 2. The summed E-state index contributed by atoms with van der Waals surface area (Å²) in [5.41, 5.74) is 6.59. The van der Waals surface area contributed by atoms with Crippen molar-refractivity contribution in [3.63, 3.8) is 0 Å². The first-order valence-corrected chi connectivity index (χ1v) is 8.28. The zero-order valence-corrected chi connectivity index (χ0v) is 14.7. The highest BCUT2D eigenvalue weighted by molar-refractivity contribution is 5.92. The second-order valence-corrected chi connectivity index (χ2v) is 5.81. The molecule has 1 aliphatic heterocycles. The Bertz CT molecular complexity index is 986. The van der Waals surface area contributed by atoms with Crippen LogP contribution in [0.2, 0.25) is 0 Å². The molecule has 28 heavy (non-hydrogen) atoms. The van der Waals surface area contributed by atoms with Crippen molar-refractivity contribution in [2.75, 3.05) is 0 Å². The van der Waals surface area contributed by atoms with Crippen LogP contribution in [0.5, 0.6) is 0 Å². The molecule has 0 unspecified atom stereocenters. The highest BCUT2D eigenvalue weighted by atomic mass is 16.4. The topological polar surface area (TPSA) is 135 Å². The molecule has 3 heterocycles. The Kier molecular flexibility index (Phi) is 5.75. The van der Waals surface area contributed by atoms with Crippen molar-refractivity contribution in [3.05, 3.63) is 77.6 Å². The van der Waals surface area contributed by atoms with Gasteiger partial charge in [0.25, 0.3) is 0 Å². The second-order valence-electron chi connectivity index (χ2n) is 5.81. The van der Waals surface area contributed by atoms with E-state index in [1.54, 1.807) is 18.5 Å². The van der Waals surface area contributed by atoms with Crippen molar-refractivity contribution in [1.82, 2.24) is 14.9 Å². The van der Waals surface area contributed by atoms with E-state index in [0.717, 1.165) is 5.56 Å². The van der Waals surface area contributed by atoms with E-state index < -0.39 is 11.9 Å². The van der Waals surface area contributed by atoms with Crippen molar-refractivity contribution >= 4 is 24.0 Å². The number of aliphatic imine (C=N–C) groups is 1. The Balaban J connectivity index is 0.000000211. The number of rotatable bonds is 4. The van der Waals surface area contributed by atoms with E-state index in [4.69, 9.17) is 15.3 Å². The molecule has 9 heteroatoms. The van der Waals surface area contributed by atoms with Gasteiger partial charge in [0, 0.05) is 24.5 Å². The smallest absolute Gasteiger partial charge is 0.392 e. The number of fused-ring (bicyclic) bond motifs is 1. The van der Waals surface area contributed by atoms with Crippen LogP contribution >= 0.6 is 0 Å². The first-order chi connectivity index (χ1) is 13.5. The summed E-state index contributed by atoms with van der Waals surface area (Å²) >= 11 is 0. The maximum Gasteiger partial charge on any atom is 0.392 e. The van der Waals surface area contributed by atoms with E-state index in [0.29, 0.717) is 30.2 Å². The first-order valence-electron chi connectivity index (χ1n) is 8.28. The molecule has 1 aliphatic rings. The standard InChI is InChI=1S/C13H11N3O3.C6H6N2O/c17-13(18)12-15-11-10(19-12)7-16(8-14-11)6-9-4-2-1-3-5-9;7-6(9)5-1-3-8-4-2-5/h1-5,8H,6-7H2,(H,17,18);1-4H,(H2,7,9). The summed E-state index contributed by atoms with van der Waals surface area (Å²) in [6, 6.07) is 13.1. The highest BCUT2D eigenvalue weighted by Gasteiger charge is 2.22. The molecule has 4 rings (SSSR count). The monoisotopic (exact) mass is 379 g/mol. The number of aromatic nitrogens is 2. The van der Waals surface area contributed by atoms with Gasteiger partial charge in [-0.3, -0.25) is 9.78 Å². The van der Waals surface area contributed by atoms with Crippen molar-refractivity contribution < 1.29 is 19.1 Å². The SMILES string of the molecule is NC(=O)c1ccncc1.O=C(O)c1nc2c(o1)CN(Cc1ccccc1)C=N2. The Labute approximate surface area is 160 Å². The van der Waals surface area contributed by atoms with Crippen LogP contribution in [-0.2, 0) is 13.1 Å². The minimum absolute atomic E-state index is 0.316. The van der Waals surface area contributed by atoms with Gasteiger partial charge in [0.1, 0.15) is 0 Å². The quantitative estimate of drug-likeness (QED) is 0.709. The summed E-state index contributed by atoms with van der Waals surface area (Å²) < 4.78 is 5.17. The number of pyridine rings is 1. The van der Waals surface area contributed by atoms with Crippen LogP contribution < -0.4 is 5.73 Å². The van der Waals surface area contributed by atoms with E-state index in [1.165, 1.54) is 12.4 Å². The summed E-state index contributed by atoms with van der Waals surface area (Å²) in [6.07, 6.45) is 4.71. The van der Waals surface area contributed by atoms with Crippen LogP contribution in [0.4, 0.5) is 5.82 Å². The van der Waals surface area contributed by atoms with E-state index in [1.807, 2.05) is 35.2 Å². The van der Waals surface area contributed by atoms with Gasteiger partial charge in [0.05, 0.1) is 12.9 Å². The number of oxazole rings is 1. The average Bonchev–Trinajstić information content (AvgIpc) is 3.14. The normalized spacial score (nSPS) is 11.9. The largest absolute Gasteiger partial charge is 0.474 e. The molecular formula is C19H17N5O4. The van der Waals surface area contributed by atoms with E-state index in [-0.39, 0.29) is 5.89 Å². The third-order valence-corrected chi connectivity index (χ3v) is 3.74. The molecule has 3 N–H and O–H groups in total. The predicted molar refractivity (Wildman–Crippen MR) is 100 cm³/mol. The second kappa shape index (κ2) is 8.58. The number of nitrogens with zero attached hydrogens (tertiary/aromatic N) is 4. The molecule has 0 fully saturated rings. The number of nitrogens with two attached hydrogens (primary N) is 1. The van der Waals surface area contributed by atoms with Gasteiger partial charge in [-0.1, -0.05) is 30.3 Å². The molecule has 2 aromatic heterocycles. The Hall–Kier alpha value is -4.01. The summed E-state index contributed by atoms with van der Waals surface area (Å²) in [5, 5.41) is 8.81. The van der Waals surface area contributed by atoms with Crippen LogP contribution in [0.1, 0.15) is 32.4 Å². The van der Waals surface area contributed by atoms with Crippen molar-refractivity contribution in [2.24, 2.45) is 10.7 Å². The first kappa shape index (κ1) is 18.8. The molecular weight excluding hydrogens is 362 g/mol. The van der Waals surface area contributed by atoms with Gasteiger partial charge in [-0.05, 0) is 17.7 Å². The fourth-order valence-electron chi connectivity index (χ4n) is 2.43. The molecule has 1 aromatic carbocycles. The highest BCUT2D eigenvalue weighted by Crippen LogP contribution is 2.25. The number of carboxylic acid groups (broad SMARTS) is 1. The van der Waals surface area contributed by atoms with Gasteiger partial charge >= 0.3 is 11.9 Å². The lowest BCUT2D eigenvalue weighted by Gasteiger charge is -2.20. The zero-order chi connectivity index (χ0) is 19.9. The molecule has 0 spiro atoms. The fourth-order valence-corrected chi connectivity index (χ4v) is 2.43. The van der Waals surface area contributed by atoms with Crippen molar-refractivity contribution in [1.29, 1.82) is 0 Å². The van der Waals surface area contributed by atoms with Gasteiger partial charge < -0.3 is 20.2 Å². The van der Waals surface area contributed by atoms with Gasteiger partial charge in [-0.2, -0.15) is 4.98 Å². The number of carbonyl (C=O) groups excluding carboxylic acids is 1. The molecule has 0 aliphatic carbocycles. The minimum Gasteiger partial charge on any atom is -0.474 e. The van der Waals surface area contributed by atoms with Crippen LogP contribution in [0, 0.1) is 0 Å². The molecule has 142 valence electrons. The average molecular weight is 379 g/mol. The Morgan fingerprint density at radius 3 is 2.46 bits per heavy atom. The molecule has 1 amide bonds. The van der Waals surface area contributed by atoms with E-state index >= 15 is 0 Å². The number of aromatic carboxylic acids is 1. The summed E-state index contributed by atoms with van der Waals surface area (Å²) in [6.45, 7) is 1.15. The number of amides is 1. The number of hydrogen-bond donors (Lipinski definition) is 2. The van der Waals surface area contributed by atoms with Gasteiger partial charge in [0.15, 0.2) is 11.6 Å². The summed E-state index contributed by atoms with van der Waals surface area (Å²) in [7, 11) is 0. The Morgan fingerprint density at radius 2 is 1.86 bits per heavy atom. The molecule has 0 radical (unpaired) electrons. The molecule has 0 bridgehead atoms. The Morgan fingerprint density at radius 1 is 1.14 bits per heavy atom. The lowest BCUT2D eigenvalue weighted by atomic mass is 10.2. The third kappa shape index (κ3) is 4.79. The minimum atomic E-state index is -1.18. The lowest BCUT2D eigenvalue weighted by Crippen LogP contribution is -2.22. The lowest BCUT2D eigenvalue weighted by molar-refractivity contribution is 0.0650. The third-order valence-electron chi connectivity index (χ3n) is 3.74. The molecule has 9 nitrogen and oxygen atoms in total. The van der Waals surface area contributed by atoms with Crippen molar-refractivity contribution in [2.45, 2.75) is 13.1 Å². The van der Waals surface area contributed by atoms with Crippen LogP contribution in [0.25, 0.3) is 0 Å². The number of primary amides is 1. The van der Waals surface area contributed by atoms with Crippen LogP contribution in [-0.4, -0.2) is 38.2 Å². The molecule has 0 saturated heterocycles. The fraction of sp³-hybridized carbons (Fsp3) is 0.105. The number of carboxylic acids is 1. The van der Waals surface area contributed by atoms with E-state index in [2.05, 4.69) is 15.0 Å². The predicted octanol–water partition coefficient (Wildman–Crippen LogP) is 2.23. The zero-order valence-electron chi connectivity index (χ0n) is 14.7. The number of benzene rings is 1. The molecule has 3 aromatic rings. The van der Waals surface area contributed by atoms with Gasteiger partial charge in [-0.15, -0.1) is 0 Å². The van der Waals surface area contributed by atoms with E-state index in [9.17, 15) is 9.59 Å². The maximum absolute atomic E-state index is 10.8. The van der Waals surface area contributed by atoms with Gasteiger partial charge in [0.2, 0.25) is 5.91 Å². The maximum atomic E-state index is 10.8. The summed E-state index contributed by atoms with van der Waals surface area (Å²) in [5.74, 6) is -1.09. The van der Waals surface area contributed by atoms with Crippen LogP contribution in [0.3, 0.4) is 0 Å². The van der Waals surface area contributed by atoms with Gasteiger partial charge in [-0.25, -0.2) is 9.79 Å². The summed E-state index contributed by atoms with van der Waals surface area (Å²) in [4.78, 5) is 34.7. The molecule has 0 saturated carbocycles. The van der Waals surface area contributed by atoms with Crippen molar-refractivity contribution in [3.8, 4) is 0 Å².